The quantitative estimate of drug-likeness (QED) is 0.512. The number of benzene rings is 2. The fourth-order valence-electron chi connectivity index (χ4n) is 4.62. The van der Waals surface area contributed by atoms with Gasteiger partial charge in [-0.1, -0.05) is 36.4 Å². The van der Waals surface area contributed by atoms with Gasteiger partial charge in [-0.25, -0.2) is 0 Å². The highest BCUT2D eigenvalue weighted by Crippen LogP contribution is 2.36. The summed E-state index contributed by atoms with van der Waals surface area (Å²) in [5.74, 6) is 1.45. The first-order valence-corrected chi connectivity index (χ1v) is 11.6. The second-order valence-corrected chi connectivity index (χ2v) is 9.00. The fraction of sp³-hybridized carbons (Fsp3) is 0.346. The summed E-state index contributed by atoms with van der Waals surface area (Å²) in [7, 11) is 0. The number of hydrogen-bond acceptors (Lipinski definition) is 5. The van der Waals surface area contributed by atoms with Crippen molar-refractivity contribution in [1.29, 1.82) is 0 Å². The highest BCUT2D eigenvalue weighted by atomic mass is 16.7. The third-order valence-corrected chi connectivity index (χ3v) is 6.41. The first-order chi connectivity index (χ1) is 16.6. The maximum absolute atomic E-state index is 12.6. The van der Waals surface area contributed by atoms with E-state index >= 15 is 0 Å². The topological polar surface area (TPSA) is 94.5 Å². The molecule has 0 radical (unpaired) electrons. The van der Waals surface area contributed by atoms with Gasteiger partial charge >= 0.3 is 0 Å². The van der Waals surface area contributed by atoms with Crippen molar-refractivity contribution in [2.75, 3.05) is 6.79 Å². The number of rotatable bonds is 9. The molecular weight excluding hydrogens is 432 g/mol. The average molecular weight is 461 g/mol. The lowest BCUT2D eigenvalue weighted by molar-refractivity contribution is -0.122. The molecule has 1 atom stereocenters. The van der Waals surface area contributed by atoms with Crippen molar-refractivity contribution in [3.05, 3.63) is 77.6 Å². The molecule has 0 unspecified atom stereocenters. The van der Waals surface area contributed by atoms with Crippen LogP contribution in [0.2, 0.25) is 0 Å². The standard InChI is InChI=1S/C26H28N4O4/c31-24(27-14-21-15-28-30(17-21)16-19-4-2-1-3-5-19)8-10-26(11-9-25(32)29-26)13-20-6-7-22-23(12-20)34-18-33-22/h1-7,12,15,17H,8-11,13-14,16,18H2,(H,27,31)(H,29,32)/t26-/m0/s1. The Balaban J connectivity index is 1.14. The van der Waals surface area contributed by atoms with Crippen LogP contribution < -0.4 is 20.1 Å². The first kappa shape index (κ1) is 22.0. The molecule has 2 N–H and O–H groups in total. The van der Waals surface area contributed by atoms with E-state index in [4.69, 9.17) is 9.47 Å². The number of carbonyl (C=O) groups excluding carboxylic acids is 2. The fourth-order valence-corrected chi connectivity index (χ4v) is 4.62. The third-order valence-electron chi connectivity index (χ3n) is 6.41. The molecule has 176 valence electrons. The van der Waals surface area contributed by atoms with Crippen LogP contribution in [0.5, 0.6) is 11.5 Å². The van der Waals surface area contributed by atoms with Crippen molar-refractivity contribution in [2.24, 2.45) is 0 Å². The van der Waals surface area contributed by atoms with Gasteiger partial charge < -0.3 is 20.1 Å². The van der Waals surface area contributed by atoms with Gasteiger partial charge in [-0.3, -0.25) is 14.3 Å². The van der Waals surface area contributed by atoms with Crippen LogP contribution in [0.1, 0.15) is 42.4 Å². The molecule has 8 heteroatoms. The summed E-state index contributed by atoms with van der Waals surface area (Å²) < 4.78 is 12.7. The van der Waals surface area contributed by atoms with E-state index in [1.165, 1.54) is 5.56 Å². The number of aromatic nitrogens is 2. The molecule has 8 nitrogen and oxygen atoms in total. The Bertz CT molecular complexity index is 1180. The maximum atomic E-state index is 12.6. The van der Waals surface area contributed by atoms with Gasteiger partial charge in [-0.15, -0.1) is 0 Å². The normalized spacial score (nSPS) is 18.6. The Hall–Kier alpha value is -3.81. The van der Waals surface area contributed by atoms with Crippen LogP contribution in [0.15, 0.2) is 60.9 Å². The number of nitrogens with one attached hydrogen (secondary N) is 2. The van der Waals surface area contributed by atoms with Crippen LogP contribution in [-0.2, 0) is 29.1 Å². The number of ether oxygens (including phenoxy) is 2. The zero-order valence-corrected chi connectivity index (χ0v) is 19.0. The van der Waals surface area contributed by atoms with E-state index in [0.29, 0.717) is 45.2 Å². The third kappa shape index (κ3) is 5.22. The van der Waals surface area contributed by atoms with Crippen LogP contribution in [0.3, 0.4) is 0 Å². The van der Waals surface area contributed by atoms with Crippen LogP contribution in [0, 0.1) is 0 Å². The van der Waals surface area contributed by atoms with Gasteiger partial charge in [-0.2, -0.15) is 5.10 Å². The second kappa shape index (κ2) is 9.59. The van der Waals surface area contributed by atoms with Crippen LogP contribution >= 0.6 is 0 Å². The Labute approximate surface area is 198 Å². The Kier molecular flexibility index (Phi) is 6.20. The summed E-state index contributed by atoms with van der Waals surface area (Å²) in [6, 6.07) is 16.0. The summed E-state index contributed by atoms with van der Waals surface area (Å²) in [4.78, 5) is 24.7. The van der Waals surface area contributed by atoms with Gasteiger partial charge in [0.15, 0.2) is 11.5 Å². The van der Waals surface area contributed by atoms with Crippen molar-refractivity contribution in [1.82, 2.24) is 20.4 Å². The minimum Gasteiger partial charge on any atom is -0.454 e. The summed E-state index contributed by atoms with van der Waals surface area (Å²) in [5.41, 5.74) is 2.75. The van der Waals surface area contributed by atoms with Crippen molar-refractivity contribution in [3.8, 4) is 11.5 Å². The molecule has 0 aliphatic carbocycles. The molecule has 5 rings (SSSR count). The van der Waals surface area contributed by atoms with E-state index in [0.717, 1.165) is 22.6 Å². The SMILES string of the molecule is O=C(CC[C@@]1(Cc2ccc3c(c2)OCO3)CCC(=O)N1)NCc1cnn(Cc2ccccc2)c1. The van der Waals surface area contributed by atoms with E-state index in [1.54, 1.807) is 6.20 Å². The molecule has 2 amide bonds. The van der Waals surface area contributed by atoms with E-state index in [1.807, 2.05) is 47.3 Å². The highest BCUT2D eigenvalue weighted by Gasteiger charge is 2.38. The van der Waals surface area contributed by atoms with Crippen molar-refractivity contribution in [3.63, 3.8) is 0 Å². The zero-order chi connectivity index (χ0) is 23.4. The van der Waals surface area contributed by atoms with Gasteiger partial charge in [0.25, 0.3) is 0 Å². The molecule has 1 saturated heterocycles. The highest BCUT2D eigenvalue weighted by molar-refractivity contribution is 5.80. The molecule has 0 spiro atoms. The maximum Gasteiger partial charge on any atom is 0.231 e. The van der Waals surface area contributed by atoms with Crippen molar-refractivity contribution in [2.45, 2.75) is 50.7 Å². The monoisotopic (exact) mass is 460 g/mol. The lowest BCUT2D eigenvalue weighted by atomic mass is 9.85. The van der Waals surface area contributed by atoms with Crippen molar-refractivity contribution >= 4 is 11.8 Å². The van der Waals surface area contributed by atoms with Gasteiger partial charge in [0, 0.05) is 36.7 Å². The molecule has 3 heterocycles. The summed E-state index contributed by atoms with van der Waals surface area (Å²) in [5, 5.41) is 10.5. The van der Waals surface area contributed by atoms with Gasteiger partial charge in [0.2, 0.25) is 18.6 Å². The lowest BCUT2D eigenvalue weighted by Gasteiger charge is -2.29. The van der Waals surface area contributed by atoms with Gasteiger partial charge in [0.1, 0.15) is 0 Å². The van der Waals surface area contributed by atoms with E-state index in [-0.39, 0.29) is 18.6 Å². The molecule has 1 fully saturated rings. The molecule has 1 aromatic heterocycles. The number of amides is 2. The van der Waals surface area contributed by atoms with Gasteiger partial charge in [-0.05, 0) is 42.5 Å². The Morgan fingerprint density at radius 2 is 1.94 bits per heavy atom. The largest absolute Gasteiger partial charge is 0.454 e. The first-order valence-electron chi connectivity index (χ1n) is 11.6. The second-order valence-electron chi connectivity index (χ2n) is 9.00. The molecule has 2 aromatic carbocycles. The predicted molar refractivity (Wildman–Crippen MR) is 125 cm³/mol. The smallest absolute Gasteiger partial charge is 0.231 e. The molecular formula is C26H28N4O4. The molecule has 0 bridgehead atoms. The zero-order valence-electron chi connectivity index (χ0n) is 19.0. The lowest BCUT2D eigenvalue weighted by Crippen LogP contribution is -2.44. The molecule has 34 heavy (non-hydrogen) atoms. The number of nitrogens with zero attached hydrogens (tertiary/aromatic N) is 2. The van der Waals surface area contributed by atoms with E-state index < -0.39 is 5.54 Å². The van der Waals surface area contributed by atoms with Gasteiger partial charge in [0.05, 0.1) is 12.7 Å². The van der Waals surface area contributed by atoms with E-state index in [9.17, 15) is 9.59 Å². The average Bonchev–Trinajstić information content (AvgIpc) is 3.57. The molecule has 2 aliphatic rings. The van der Waals surface area contributed by atoms with Crippen molar-refractivity contribution < 1.29 is 19.1 Å². The Morgan fingerprint density at radius 3 is 2.76 bits per heavy atom. The number of hydrogen-bond donors (Lipinski definition) is 2. The number of carbonyl (C=O) groups is 2. The summed E-state index contributed by atoms with van der Waals surface area (Å²) in [6.45, 7) is 1.35. The minimum atomic E-state index is -0.428. The molecule has 3 aromatic rings. The predicted octanol–water partition coefficient (Wildman–Crippen LogP) is 2.95. The minimum absolute atomic E-state index is 0.0342. The van der Waals surface area contributed by atoms with Crippen LogP contribution in [-0.4, -0.2) is 33.9 Å². The Morgan fingerprint density at radius 1 is 1.09 bits per heavy atom. The summed E-state index contributed by atoms with van der Waals surface area (Å²) >= 11 is 0. The number of fused-ring (bicyclic) bond motifs is 1. The summed E-state index contributed by atoms with van der Waals surface area (Å²) in [6.07, 6.45) is 6.48. The van der Waals surface area contributed by atoms with E-state index in [2.05, 4.69) is 27.9 Å². The molecule has 2 aliphatic heterocycles. The molecule has 0 saturated carbocycles. The van der Waals surface area contributed by atoms with Crippen LogP contribution in [0.4, 0.5) is 0 Å². The van der Waals surface area contributed by atoms with Crippen LogP contribution in [0.25, 0.3) is 0 Å².